The molecule has 0 saturated heterocycles. The molecule has 0 aliphatic heterocycles. The van der Waals surface area contributed by atoms with Crippen LogP contribution in [0.15, 0.2) is 30.3 Å². The van der Waals surface area contributed by atoms with Crippen molar-refractivity contribution >= 4 is 17.7 Å². The number of alkyl halides is 1. The van der Waals surface area contributed by atoms with Crippen molar-refractivity contribution in [2.45, 2.75) is 6.42 Å². The molecule has 0 N–H and O–H groups in total. The summed E-state index contributed by atoms with van der Waals surface area (Å²) < 4.78 is 12.6. The van der Waals surface area contributed by atoms with Gasteiger partial charge in [0.25, 0.3) is 0 Å². The molecule has 0 aliphatic rings. The van der Waals surface area contributed by atoms with Gasteiger partial charge in [-0.25, -0.2) is 4.39 Å². The van der Waals surface area contributed by atoms with Crippen LogP contribution in [0, 0.1) is 5.82 Å². The standard InChI is InChI=1S/C10H10ClF/c11-7-2-1-4-9-5-3-6-10(12)8-9/h1,3-6,8H,2,7H2/b4-1+. The molecule has 0 saturated carbocycles. The lowest BCUT2D eigenvalue weighted by molar-refractivity contribution is 0.627. The van der Waals surface area contributed by atoms with Crippen molar-refractivity contribution in [1.82, 2.24) is 0 Å². The highest BCUT2D eigenvalue weighted by molar-refractivity contribution is 6.17. The maximum absolute atomic E-state index is 12.6. The van der Waals surface area contributed by atoms with Gasteiger partial charge in [-0.1, -0.05) is 24.3 Å². The molecule has 64 valence electrons. The lowest BCUT2D eigenvalue weighted by atomic mass is 10.2. The van der Waals surface area contributed by atoms with Crippen LogP contribution in [0.25, 0.3) is 6.08 Å². The van der Waals surface area contributed by atoms with Crippen LogP contribution in [0.2, 0.25) is 0 Å². The first kappa shape index (κ1) is 9.27. The van der Waals surface area contributed by atoms with E-state index >= 15 is 0 Å². The molecular formula is C10H10ClF. The van der Waals surface area contributed by atoms with Crippen LogP contribution in [0.1, 0.15) is 12.0 Å². The van der Waals surface area contributed by atoms with E-state index in [-0.39, 0.29) is 5.82 Å². The first-order valence-corrected chi connectivity index (χ1v) is 4.34. The van der Waals surface area contributed by atoms with Gasteiger partial charge in [0, 0.05) is 5.88 Å². The maximum Gasteiger partial charge on any atom is 0.123 e. The molecule has 0 unspecified atom stereocenters. The fourth-order valence-corrected chi connectivity index (χ4v) is 1.02. The summed E-state index contributed by atoms with van der Waals surface area (Å²) in [5.41, 5.74) is 0.875. The van der Waals surface area contributed by atoms with E-state index < -0.39 is 0 Å². The summed E-state index contributed by atoms with van der Waals surface area (Å²) in [6.45, 7) is 0. The first-order valence-electron chi connectivity index (χ1n) is 3.81. The molecule has 0 aliphatic carbocycles. The van der Waals surface area contributed by atoms with Crippen LogP contribution in [0.3, 0.4) is 0 Å². The second-order valence-electron chi connectivity index (χ2n) is 2.44. The molecule has 0 spiro atoms. The van der Waals surface area contributed by atoms with Crippen molar-refractivity contribution in [2.75, 3.05) is 5.88 Å². The number of benzene rings is 1. The molecule has 1 rings (SSSR count). The number of rotatable bonds is 3. The van der Waals surface area contributed by atoms with E-state index in [1.54, 1.807) is 6.07 Å². The van der Waals surface area contributed by atoms with Gasteiger partial charge in [0.1, 0.15) is 5.82 Å². The largest absolute Gasteiger partial charge is 0.207 e. The molecule has 1 aromatic rings. The SMILES string of the molecule is Fc1cccc(/C=C/CCCl)c1. The second-order valence-corrected chi connectivity index (χ2v) is 2.81. The summed E-state index contributed by atoms with van der Waals surface area (Å²) in [6.07, 6.45) is 4.62. The highest BCUT2D eigenvalue weighted by Gasteiger charge is 1.88. The Morgan fingerprint density at radius 1 is 1.42 bits per heavy atom. The quantitative estimate of drug-likeness (QED) is 0.631. The fourth-order valence-electron chi connectivity index (χ4n) is 0.893. The number of hydrogen-bond donors (Lipinski definition) is 0. The highest BCUT2D eigenvalue weighted by atomic mass is 35.5. The summed E-state index contributed by atoms with van der Waals surface area (Å²) in [5, 5.41) is 0. The Labute approximate surface area is 76.7 Å². The number of hydrogen-bond acceptors (Lipinski definition) is 0. The minimum Gasteiger partial charge on any atom is -0.207 e. The van der Waals surface area contributed by atoms with E-state index in [9.17, 15) is 4.39 Å². The van der Waals surface area contributed by atoms with Crippen molar-refractivity contribution in [3.8, 4) is 0 Å². The zero-order valence-corrected chi connectivity index (χ0v) is 7.39. The smallest absolute Gasteiger partial charge is 0.123 e. The minimum absolute atomic E-state index is 0.206. The molecule has 0 aromatic heterocycles. The first-order chi connectivity index (χ1) is 5.83. The maximum atomic E-state index is 12.6. The Kier molecular flexibility index (Phi) is 3.81. The molecule has 0 radical (unpaired) electrons. The van der Waals surface area contributed by atoms with Gasteiger partial charge in [-0.05, 0) is 24.1 Å². The van der Waals surface area contributed by atoms with Gasteiger partial charge in [-0.15, -0.1) is 11.6 Å². The minimum atomic E-state index is -0.206. The Balaban J connectivity index is 2.63. The van der Waals surface area contributed by atoms with E-state index in [0.717, 1.165) is 12.0 Å². The van der Waals surface area contributed by atoms with Gasteiger partial charge in [-0.3, -0.25) is 0 Å². The monoisotopic (exact) mass is 184 g/mol. The van der Waals surface area contributed by atoms with Crippen LogP contribution < -0.4 is 0 Å². The summed E-state index contributed by atoms with van der Waals surface area (Å²) in [5.74, 6) is 0.397. The molecule has 1 aromatic carbocycles. The van der Waals surface area contributed by atoms with Gasteiger partial charge in [0.2, 0.25) is 0 Å². The fraction of sp³-hybridized carbons (Fsp3) is 0.200. The molecule has 0 heterocycles. The second kappa shape index (κ2) is 4.94. The molecular weight excluding hydrogens is 175 g/mol. The molecule has 12 heavy (non-hydrogen) atoms. The van der Waals surface area contributed by atoms with Crippen LogP contribution in [0.4, 0.5) is 4.39 Å². The molecule has 0 atom stereocenters. The average Bonchev–Trinajstić information content (AvgIpc) is 2.05. The lowest BCUT2D eigenvalue weighted by Crippen LogP contribution is -1.75. The van der Waals surface area contributed by atoms with Crippen molar-refractivity contribution in [2.24, 2.45) is 0 Å². The van der Waals surface area contributed by atoms with Crippen LogP contribution in [-0.4, -0.2) is 5.88 Å². The van der Waals surface area contributed by atoms with E-state index in [4.69, 9.17) is 11.6 Å². The van der Waals surface area contributed by atoms with Gasteiger partial charge < -0.3 is 0 Å². The zero-order chi connectivity index (χ0) is 8.81. The predicted molar refractivity (Wildman–Crippen MR) is 50.8 cm³/mol. The van der Waals surface area contributed by atoms with Crippen LogP contribution in [-0.2, 0) is 0 Å². The zero-order valence-electron chi connectivity index (χ0n) is 6.63. The third-order valence-corrected chi connectivity index (χ3v) is 1.65. The Bertz CT molecular complexity index is 268. The molecule has 0 fully saturated rings. The Hall–Kier alpha value is -0.820. The Morgan fingerprint density at radius 3 is 2.92 bits per heavy atom. The summed E-state index contributed by atoms with van der Waals surface area (Å²) in [7, 11) is 0. The third kappa shape index (κ3) is 3.05. The van der Waals surface area contributed by atoms with Crippen molar-refractivity contribution < 1.29 is 4.39 Å². The third-order valence-electron chi connectivity index (χ3n) is 1.43. The number of halogens is 2. The van der Waals surface area contributed by atoms with Gasteiger partial charge in [-0.2, -0.15) is 0 Å². The number of allylic oxidation sites excluding steroid dienone is 1. The summed E-state index contributed by atoms with van der Waals surface area (Å²) in [4.78, 5) is 0. The lowest BCUT2D eigenvalue weighted by Gasteiger charge is -1.92. The predicted octanol–water partition coefficient (Wildman–Crippen LogP) is 3.47. The molecule has 0 bridgehead atoms. The molecule has 2 heteroatoms. The van der Waals surface area contributed by atoms with Crippen LogP contribution in [0.5, 0.6) is 0 Å². The van der Waals surface area contributed by atoms with Gasteiger partial charge in [0.15, 0.2) is 0 Å². The van der Waals surface area contributed by atoms with Crippen LogP contribution >= 0.6 is 11.6 Å². The highest BCUT2D eigenvalue weighted by Crippen LogP contribution is 2.05. The van der Waals surface area contributed by atoms with Crippen molar-refractivity contribution in [1.29, 1.82) is 0 Å². The van der Waals surface area contributed by atoms with Gasteiger partial charge >= 0.3 is 0 Å². The van der Waals surface area contributed by atoms with Crippen molar-refractivity contribution in [3.05, 3.63) is 41.7 Å². The summed E-state index contributed by atoms with van der Waals surface area (Å²) in [6, 6.07) is 6.47. The average molecular weight is 185 g/mol. The molecule has 0 amide bonds. The van der Waals surface area contributed by atoms with Gasteiger partial charge in [0.05, 0.1) is 0 Å². The normalized spacial score (nSPS) is 10.8. The van der Waals surface area contributed by atoms with E-state index in [0.29, 0.717) is 5.88 Å². The van der Waals surface area contributed by atoms with Crippen molar-refractivity contribution in [3.63, 3.8) is 0 Å². The van der Waals surface area contributed by atoms with E-state index in [1.165, 1.54) is 12.1 Å². The van der Waals surface area contributed by atoms with E-state index in [2.05, 4.69) is 0 Å². The Morgan fingerprint density at radius 2 is 2.25 bits per heavy atom. The topological polar surface area (TPSA) is 0 Å². The van der Waals surface area contributed by atoms with E-state index in [1.807, 2.05) is 18.2 Å². The summed E-state index contributed by atoms with van der Waals surface area (Å²) >= 11 is 5.47. The molecule has 0 nitrogen and oxygen atoms in total.